The Morgan fingerprint density at radius 1 is 0.907 bits per heavy atom. The van der Waals surface area contributed by atoms with E-state index in [1.54, 1.807) is 66.7 Å². The van der Waals surface area contributed by atoms with E-state index in [0.29, 0.717) is 21.9 Å². The lowest BCUT2D eigenvalue weighted by Gasteiger charge is -2.30. The van der Waals surface area contributed by atoms with Gasteiger partial charge >= 0.3 is 11.9 Å². The molecule has 0 saturated heterocycles. The molecule has 4 aromatic rings. The van der Waals surface area contributed by atoms with Crippen molar-refractivity contribution in [2.24, 2.45) is 0 Å². The fourth-order valence-electron chi connectivity index (χ4n) is 5.25. The number of carboxylic acid groups (broad SMARTS) is 2. The van der Waals surface area contributed by atoms with Crippen LogP contribution in [0.15, 0.2) is 102 Å². The number of halogens is 1. The lowest BCUT2D eigenvalue weighted by atomic mass is 10.0. The maximum atomic E-state index is 14.3. The first-order valence-electron chi connectivity index (χ1n) is 13.3. The number of aliphatic hydroxyl groups excluding tert-OH is 1. The summed E-state index contributed by atoms with van der Waals surface area (Å²) in [4.78, 5) is 24.5. The minimum atomic E-state index is -4.42. The Bertz CT molecular complexity index is 1760. The molecule has 1 aliphatic rings. The van der Waals surface area contributed by atoms with E-state index in [4.69, 9.17) is 21.4 Å². The molecule has 2 atom stereocenters. The molecule has 5 rings (SSSR count). The number of hydrogen-bond donors (Lipinski definition) is 3. The summed E-state index contributed by atoms with van der Waals surface area (Å²) in [6.45, 7) is -0.526. The van der Waals surface area contributed by atoms with E-state index < -0.39 is 33.4 Å². The topological polar surface area (TPSA) is 141 Å². The Hall–Kier alpha value is -4.22. The number of ether oxygens (including phenoxy) is 1. The second kappa shape index (κ2) is 12.2. The molecule has 0 amide bonds. The zero-order chi connectivity index (χ0) is 30.8. The first-order valence-corrected chi connectivity index (χ1v) is 15.2. The number of carboxylic acids is 2. The molecule has 0 bridgehead atoms. The predicted molar refractivity (Wildman–Crippen MR) is 160 cm³/mol. The molecule has 11 heteroatoms. The standard InChI is InChI=1S/C32H28ClNO8S/c33-26-11-7-22(8-12-26)23-9-13-28(14-10-23)43(40,41)34(20-21-3-1-5-25(17-21)30(36)37)32(31(38)39)19-29(32)24-4-2-6-27(18-24)42-16-15-35/h1-14,17-18,29,35H,15-16,19-20H2,(H,36,37)(H,38,39)/t29-,32-/m1/s1. The van der Waals surface area contributed by atoms with Crippen LogP contribution in [0.1, 0.15) is 33.8 Å². The molecular formula is C32H28ClNO8S. The molecule has 1 fully saturated rings. The van der Waals surface area contributed by atoms with Crippen molar-refractivity contribution in [1.29, 1.82) is 0 Å². The van der Waals surface area contributed by atoms with Crippen molar-refractivity contribution in [2.75, 3.05) is 13.2 Å². The molecule has 1 saturated carbocycles. The number of carbonyl (C=O) groups is 2. The number of hydrogen-bond acceptors (Lipinski definition) is 6. The number of aliphatic carboxylic acids is 1. The number of rotatable bonds is 12. The van der Waals surface area contributed by atoms with E-state index in [1.807, 2.05) is 0 Å². The maximum Gasteiger partial charge on any atom is 0.335 e. The van der Waals surface area contributed by atoms with Gasteiger partial charge in [0.05, 0.1) is 17.1 Å². The highest BCUT2D eigenvalue weighted by molar-refractivity contribution is 7.89. The quantitative estimate of drug-likeness (QED) is 0.194. The fourth-order valence-corrected chi connectivity index (χ4v) is 7.14. The van der Waals surface area contributed by atoms with E-state index in [1.165, 1.54) is 30.3 Å². The van der Waals surface area contributed by atoms with Crippen LogP contribution < -0.4 is 4.74 Å². The average Bonchev–Trinajstić information content (AvgIpc) is 3.76. The van der Waals surface area contributed by atoms with Gasteiger partial charge in [-0.2, -0.15) is 4.31 Å². The normalized spacial score (nSPS) is 17.9. The molecule has 1 aliphatic carbocycles. The minimum absolute atomic E-state index is 0.00744. The van der Waals surface area contributed by atoms with E-state index >= 15 is 0 Å². The van der Waals surface area contributed by atoms with Crippen LogP contribution in [-0.4, -0.2) is 58.7 Å². The summed E-state index contributed by atoms with van der Waals surface area (Å²) in [5.41, 5.74) is 0.565. The number of nitrogens with zero attached hydrogens (tertiary/aromatic N) is 1. The van der Waals surface area contributed by atoms with Crippen molar-refractivity contribution in [2.45, 2.75) is 29.3 Å². The molecule has 9 nitrogen and oxygen atoms in total. The van der Waals surface area contributed by atoms with Gasteiger partial charge < -0.3 is 20.1 Å². The third kappa shape index (κ3) is 6.14. The molecule has 0 unspecified atom stereocenters. The zero-order valence-corrected chi connectivity index (χ0v) is 24.3. The SMILES string of the molecule is O=C(O)c1cccc(CN([C@]2(C(=O)O)C[C@@H]2c2cccc(OCCO)c2)S(=O)(=O)c2ccc(-c3ccc(Cl)cc3)cc2)c1. The van der Waals surface area contributed by atoms with Crippen LogP contribution in [-0.2, 0) is 21.4 Å². The molecule has 0 aliphatic heterocycles. The molecular weight excluding hydrogens is 594 g/mol. The van der Waals surface area contributed by atoms with Crippen LogP contribution >= 0.6 is 11.6 Å². The zero-order valence-electron chi connectivity index (χ0n) is 22.8. The average molecular weight is 622 g/mol. The summed E-state index contributed by atoms with van der Waals surface area (Å²) < 4.78 is 35.1. The van der Waals surface area contributed by atoms with Crippen LogP contribution in [0.4, 0.5) is 0 Å². The Labute approximate surface area is 253 Å². The first-order chi connectivity index (χ1) is 20.6. The van der Waals surface area contributed by atoms with Gasteiger partial charge in [-0.3, -0.25) is 4.79 Å². The summed E-state index contributed by atoms with van der Waals surface area (Å²) >= 11 is 5.99. The monoisotopic (exact) mass is 621 g/mol. The predicted octanol–water partition coefficient (Wildman–Crippen LogP) is 5.28. The summed E-state index contributed by atoms with van der Waals surface area (Å²) in [5, 5.41) is 29.8. The van der Waals surface area contributed by atoms with Gasteiger partial charge in [-0.15, -0.1) is 0 Å². The number of aliphatic hydroxyl groups is 1. The van der Waals surface area contributed by atoms with Crippen LogP contribution in [0.25, 0.3) is 11.1 Å². The highest BCUT2D eigenvalue weighted by atomic mass is 35.5. The maximum absolute atomic E-state index is 14.3. The fraction of sp³-hybridized carbons (Fsp3) is 0.188. The van der Waals surface area contributed by atoms with Crippen LogP contribution in [0.5, 0.6) is 5.75 Å². The minimum Gasteiger partial charge on any atom is -0.491 e. The van der Waals surface area contributed by atoms with Gasteiger partial charge in [-0.05, 0) is 77.2 Å². The van der Waals surface area contributed by atoms with Crippen molar-refractivity contribution >= 4 is 33.6 Å². The Morgan fingerprint density at radius 2 is 1.56 bits per heavy atom. The van der Waals surface area contributed by atoms with Crippen molar-refractivity contribution in [1.82, 2.24) is 4.31 Å². The van der Waals surface area contributed by atoms with Gasteiger partial charge in [0.25, 0.3) is 0 Å². The third-order valence-corrected chi connectivity index (χ3v) is 9.64. The van der Waals surface area contributed by atoms with E-state index in [-0.39, 0.29) is 36.6 Å². The lowest BCUT2D eigenvalue weighted by molar-refractivity contribution is -0.143. The van der Waals surface area contributed by atoms with Crippen molar-refractivity contribution < 1.29 is 38.1 Å². The molecule has 0 spiro atoms. The Morgan fingerprint density at radius 3 is 2.19 bits per heavy atom. The van der Waals surface area contributed by atoms with Gasteiger partial charge in [0.1, 0.15) is 17.9 Å². The highest BCUT2D eigenvalue weighted by Crippen LogP contribution is 2.58. The highest BCUT2D eigenvalue weighted by Gasteiger charge is 2.68. The summed E-state index contributed by atoms with van der Waals surface area (Å²) in [7, 11) is -4.42. The summed E-state index contributed by atoms with van der Waals surface area (Å²) in [5.74, 6) is -2.81. The van der Waals surface area contributed by atoms with Gasteiger partial charge in [-0.25, -0.2) is 13.2 Å². The Balaban J connectivity index is 1.57. The Kier molecular flexibility index (Phi) is 8.57. The van der Waals surface area contributed by atoms with Gasteiger partial charge in [-0.1, -0.05) is 60.1 Å². The molecule has 43 heavy (non-hydrogen) atoms. The summed E-state index contributed by atoms with van der Waals surface area (Å²) in [6.07, 6.45) is -0.00744. The van der Waals surface area contributed by atoms with Crippen molar-refractivity contribution in [3.8, 4) is 16.9 Å². The van der Waals surface area contributed by atoms with Crippen molar-refractivity contribution in [3.05, 3.63) is 119 Å². The van der Waals surface area contributed by atoms with Crippen LogP contribution in [0.3, 0.4) is 0 Å². The van der Waals surface area contributed by atoms with Crippen LogP contribution in [0, 0.1) is 0 Å². The molecule has 0 heterocycles. The van der Waals surface area contributed by atoms with E-state index in [9.17, 15) is 28.2 Å². The second-order valence-electron chi connectivity index (χ2n) is 10.2. The third-order valence-electron chi connectivity index (χ3n) is 7.49. The van der Waals surface area contributed by atoms with Gasteiger partial charge in [0.2, 0.25) is 10.0 Å². The second-order valence-corrected chi connectivity index (χ2v) is 12.5. The van der Waals surface area contributed by atoms with Crippen LogP contribution in [0.2, 0.25) is 5.02 Å². The number of sulfonamides is 1. The number of aromatic carboxylic acids is 1. The first kappa shape index (κ1) is 30.2. The van der Waals surface area contributed by atoms with E-state index in [2.05, 4.69) is 0 Å². The van der Waals surface area contributed by atoms with E-state index in [0.717, 1.165) is 15.4 Å². The molecule has 3 N–H and O–H groups in total. The smallest absolute Gasteiger partial charge is 0.335 e. The van der Waals surface area contributed by atoms with Gasteiger partial charge in [0, 0.05) is 17.5 Å². The molecule has 4 aromatic carbocycles. The molecule has 0 radical (unpaired) electrons. The number of benzene rings is 4. The molecule has 0 aromatic heterocycles. The molecule has 222 valence electrons. The van der Waals surface area contributed by atoms with Gasteiger partial charge in [0.15, 0.2) is 0 Å². The largest absolute Gasteiger partial charge is 0.491 e. The lowest BCUT2D eigenvalue weighted by Crippen LogP contribution is -2.48. The summed E-state index contributed by atoms with van der Waals surface area (Å²) in [6, 6.07) is 25.7. The van der Waals surface area contributed by atoms with Crippen molar-refractivity contribution in [3.63, 3.8) is 0 Å².